The zero-order chi connectivity index (χ0) is 14.1. The van der Waals surface area contributed by atoms with E-state index in [1.807, 2.05) is 6.20 Å². The average molecular weight is 263 g/mol. The standard InChI is InChI=1S/C16H29N3/c1-5-7-10-19(6-2)16-8-9-18-15(11-16)13-17-12-14(3)4/h8-9,11,14,17H,5-7,10,12-13H2,1-4H3. The lowest BCUT2D eigenvalue weighted by molar-refractivity contribution is 0.548. The predicted molar refractivity (Wildman–Crippen MR) is 83.6 cm³/mol. The van der Waals surface area contributed by atoms with Crippen LogP contribution >= 0.6 is 0 Å². The second kappa shape index (κ2) is 8.92. The van der Waals surface area contributed by atoms with E-state index in [2.05, 4.69) is 55.0 Å². The molecule has 0 fully saturated rings. The van der Waals surface area contributed by atoms with Gasteiger partial charge in [0.05, 0.1) is 5.69 Å². The molecule has 3 heteroatoms. The first-order valence-electron chi connectivity index (χ1n) is 7.58. The monoisotopic (exact) mass is 263 g/mol. The average Bonchev–Trinajstić information content (AvgIpc) is 2.40. The van der Waals surface area contributed by atoms with Gasteiger partial charge in [0, 0.05) is 31.5 Å². The van der Waals surface area contributed by atoms with Gasteiger partial charge < -0.3 is 10.2 Å². The minimum atomic E-state index is 0.680. The fourth-order valence-electron chi connectivity index (χ4n) is 2.07. The molecule has 0 unspecified atom stereocenters. The molecule has 0 radical (unpaired) electrons. The Kier molecular flexibility index (Phi) is 7.49. The van der Waals surface area contributed by atoms with E-state index in [1.165, 1.54) is 18.5 Å². The van der Waals surface area contributed by atoms with Crippen LogP contribution in [-0.4, -0.2) is 24.6 Å². The van der Waals surface area contributed by atoms with Gasteiger partial charge in [-0.05, 0) is 37.9 Å². The van der Waals surface area contributed by atoms with E-state index in [0.29, 0.717) is 5.92 Å². The summed E-state index contributed by atoms with van der Waals surface area (Å²) in [6.07, 6.45) is 4.41. The molecule has 0 saturated heterocycles. The molecule has 3 nitrogen and oxygen atoms in total. The molecule has 1 aromatic heterocycles. The summed E-state index contributed by atoms with van der Waals surface area (Å²) in [6, 6.07) is 4.33. The molecule has 0 spiro atoms. The lowest BCUT2D eigenvalue weighted by atomic mass is 10.2. The van der Waals surface area contributed by atoms with Gasteiger partial charge in [-0.2, -0.15) is 0 Å². The molecule has 0 aliphatic carbocycles. The van der Waals surface area contributed by atoms with E-state index in [0.717, 1.165) is 31.9 Å². The van der Waals surface area contributed by atoms with Crippen molar-refractivity contribution in [3.8, 4) is 0 Å². The number of rotatable bonds is 9. The summed E-state index contributed by atoms with van der Waals surface area (Å²) in [5.74, 6) is 0.680. The highest BCUT2D eigenvalue weighted by Crippen LogP contribution is 2.15. The van der Waals surface area contributed by atoms with Gasteiger partial charge >= 0.3 is 0 Å². The van der Waals surface area contributed by atoms with E-state index in [4.69, 9.17) is 0 Å². The van der Waals surface area contributed by atoms with Crippen molar-refractivity contribution in [3.63, 3.8) is 0 Å². The van der Waals surface area contributed by atoms with Crippen molar-refractivity contribution in [1.29, 1.82) is 0 Å². The van der Waals surface area contributed by atoms with Crippen LogP contribution < -0.4 is 10.2 Å². The van der Waals surface area contributed by atoms with Crippen molar-refractivity contribution >= 4 is 5.69 Å². The third-order valence-electron chi connectivity index (χ3n) is 3.19. The van der Waals surface area contributed by atoms with Crippen molar-refractivity contribution in [3.05, 3.63) is 24.0 Å². The summed E-state index contributed by atoms with van der Waals surface area (Å²) in [5.41, 5.74) is 2.43. The molecule has 0 amide bonds. The second-order valence-corrected chi connectivity index (χ2v) is 5.46. The number of anilines is 1. The summed E-state index contributed by atoms with van der Waals surface area (Å²) in [7, 11) is 0. The van der Waals surface area contributed by atoms with E-state index in [-0.39, 0.29) is 0 Å². The number of pyridine rings is 1. The molecule has 1 aromatic rings. The smallest absolute Gasteiger partial charge is 0.0562 e. The van der Waals surface area contributed by atoms with Crippen LogP contribution in [0, 0.1) is 5.92 Å². The summed E-state index contributed by atoms with van der Waals surface area (Å²) in [4.78, 5) is 6.87. The van der Waals surface area contributed by atoms with Crippen LogP contribution in [0.25, 0.3) is 0 Å². The highest BCUT2D eigenvalue weighted by atomic mass is 15.1. The fourth-order valence-corrected chi connectivity index (χ4v) is 2.07. The fraction of sp³-hybridized carbons (Fsp3) is 0.688. The Morgan fingerprint density at radius 1 is 1.32 bits per heavy atom. The largest absolute Gasteiger partial charge is 0.372 e. The number of hydrogen-bond acceptors (Lipinski definition) is 3. The van der Waals surface area contributed by atoms with Gasteiger partial charge in [0.25, 0.3) is 0 Å². The van der Waals surface area contributed by atoms with Gasteiger partial charge in [-0.3, -0.25) is 4.98 Å². The Morgan fingerprint density at radius 3 is 2.74 bits per heavy atom. The third-order valence-corrected chi connectivity index (χ3v) is 3.19. The Morgan fingerprint density at radius 2 is 2.11 bits per heavy atom. The molecule has 108 valence electrons. The Balaban J connectivity index is 2.58. The topological polar surface area (TPSA) is 28.2 Å². The number of nitrogens with zero attached hydrogens (tertiary/aromatic N) is 2. The number of unbranched alkanes of at least 4 members (excludes halogenated alkanes) is 1. The van der Waals surface area contributed by atoms with Gasteiger partial charge in [0.2, 0.25) is 0 Å². The predicted octanol–water partition coefficient (Wildman–Crippen LogP) is 3.45. The molecule has 1 N–H and O–H groups in total. The minimum Gasteiger partial charge on any atom is -0.372 e. The van der Waals surface area contributed by atoms with Crippen LogP contribution in [-0.2, 0) is 6.54 Å². The lowest BCUT2D eigenvalue weighted by Gasteiger charge is -2.23. The number of nitrogens with one attached hydrogen (secondary N) is 1. The van der Waals surface area contributed by atoms with Crippen molar-refractivity contribution in [2.24, 2.45) is 5.92 Å². The first-order valence-corrected chi connectivity index (χ1v) is 7.58. The maximum Gasteiger partial charge on any atom is 0.0562 e. The lowest BCUT2D eigenvalue weighted by Crippen LogP contribution is -2.24. The zero-order valence-corrected chi connectivity index (χ0v) is 12.9. The molecular formula is C16H29N3. The Hall–Kier alpha value is -1.09. The van der Waals surface area contributed by atoms with Gasteiger partial charge in [0.1, 0.15) is 0 Å². The molecule has 1 heterocycles. The molecule has 1 rings (SSSR count). The van der Waals surface area contributed by atoms with Crippen LogP contribution in [0.15, 0.2) is 18.3 Å². The van der Waals surface area contributed by atoms with Crippen LogP contribution in [0.3, 0.4) is 0 Å². The van der Waals surface area contributed by atoms with Gasteiger partial charge in [-0.15, -0.1) is 0 Å². The van der Waals surface area contributed by atoms with Crippen molar-refractivity contribution in [1.82, 2.24) is 10.3 Å². The molecule has 0 aliphatic heterocycles. The third kappa shape index (κ3) is 6.06. The maximum atomic E-state index is 4.44. The van der Waals surface area contributed by atoms with Gasteiger partial charge in [-0.1, -0.05) is 27.2 Å². The highest BCUT2D eigenvalue weighted by molar-refractivity contribution is 5.46. The summed E-state index contributed by atoms with van der Waals surface area (Å²) in [5, 5.41) is 3.45. The van der Waals surface area contributed by atoms with E-state index in [1.54, 1.807) is 0 Å². The van der Waals surface area contributed by atoms with Crippen molar-refractivity contribution in [2.75, 3.05) is 24.5 Å². The van der Waals surface area contributed by atoms with Gasteiger partial charge in [-0.25, -0.2) is 0 Å². The van der Waals surface area contributed by atoms with Gasteiger partial charge in [0.15, 0.2) is 0 Å². The van der Waals surface area contributed by atoms with Crippen LogP contribution in [0.5, 0.6) is 0 Å². The molecule has 0 aromatic carbocycles. The molecular weight excluding hydrogens is 234 g/mol. The van der Waals surface area contributed by atoms with Crippen molar-refractivity contribution < 1.29 is 0 Å². The van der Waals surface area contributed by atoms with E-state index in [9.17, 15) is 0 Å². The molecule has 0 atom stereocenters. The van der Waals surface area contributed by atoms with E-state index < -0.39 is 0 Å². The van der Waals surface area contributed by atoms with Crippen LogP contribution in [0.2, 0.25) is 0 Å². The normalized spacial score (nSPS) is 11.0. The SMILES string of the molecule is CCCCN(CC)c1ccnc(CNCC(C)C)c1. The molecule has 0 aliphatic rings. The van der Waals surface area contributed by atoms with Crippen molar-refractivity contribution in [2.45, 2.75) is 47.1 Å². The molecule has 0 bridgehead atoms. The van der Waals surface area contributed by atoms with Crippen LogP contribution in [0.4, 0.5) is 5.69 Å². The molecule has 19 heavy (non-hydrogen) atoms. The quantitative estimate of drug-likeness (QED) is 0.739. The number of hydrogen-bond donors (Lipinski definition) is 1. The Bertz CT molecular complexity index is 350. The maximum absolute atomic E-state index is 4.44. The summed E-state index contributed by atoms with van der Waals surface area (Å²) in [6.45, 7) is 13.0. The minimum absolute atomic E-state index is 0.680. The highest BCUT2D eigenvalue weighted by Gasteiger charge is 2.05. The van der Waals surface area contributed by atoms with Crippen LogP contribution in [0.1, 0.15) is 46.2 Å². The first-order chi connectivity index (χ1) is 9.17. The second-order valence-electron chi connectivity index (χ2n) is 5.46. The summed E-state index contributed by atoms with van der Waals surface area (Å²) < 4.78 is 0. The summed E-state index contributed by atoms with van der Waals surface area (Å²) >= 11 is 0. The van der Waals surface area contributed by atoms with E-state index >= 15 is 0 Å². The first kappa shape index (κ1) is 16.0. The number of aromatic nitrogens is 1. The molecule has 0 saturated carbocycles. The Labute approximate surface area is 118 Å². The zero-order valence-electron chi connectivity index (χ0n) is 12.9.